The molecule has 0 aromatic heterocycles. The topological polar surface area (TPSA) is 70.8 Å². The van der Waals surface area contributed by atoms with Crippen molar-refractivity contribution < 1.29 is 9.25 Å². The lowest BCUT2D eigenvalue weighted by molar-refractivity contribution is 0.0254. The van der Waals surface area contributed by atoms with Crippen molar-refractivity contribution in [3.63, 3.8) is 0 Å². The molecule has 1 atom stereocenters. The van der Waals surface area contributed by atoms with Crippen LogP contribution in [0.15, 0.2) is 0 Å². The summed E-state index contributed by atoms with van der Waals surface area (Å²) in [6, 6.07) is 0. The fraction of sp³-hybridized carbons (Fsp3) is 1.00. The molecule has 0 spiro atoms. The van der Waals surface area contributed by atoms with E-state index in [4.69, 9.17) is 0 Å². The molecule has 0 aliphatic rings. The van der Waals surface area contributed by atoms with E-state index in [1.54, 1.807) is 0 Å². The van der Waals surface area contributed by atoms with E-state index in [0.29, 0.717) is 0 Å². The molecule has 7 heavy (non-hydrogen) atoms. The number of nitrogens with zero attached hydrogens (tertiary/aromatic N) is 1. The zero-order valence-electron chi connectivity index (χ0n) is 3.75. The Balaban J connectivity index is 2.68. The molecule has 1 unspecified atom stereocenters. The summed E-state index contributed by atoms with van der Waals surface area (Å²) >= 11 is 0. The lowest BCUT2D eigenvalue weighted by Crippen LogP contribution is -2.04. The van der Waals surface area contributed by atoms with Crippen LogP contribution in [0, 0.1) is 5.21 Å². The molecule has 0 radical (unpaired) electrons. The maximum atomic E-state index is 9.77. The van der Waals surface area contributed by atoms with Gasteiger partial charge in [-0.3, -0.25) is 14.5 Å². The number of hydroxylamine groups is 2. The molecule has 2 N–H and O–H groups in total. The maximum Gasteiger partial charge on any atom is 0.198 e. The molecule has 0 amide bonds. The zero-order valence-corrected chi connectivity index (χ0v) is 4.75. The first kappa shape index (κ1) is 7.23. The summed E-state index contributed by atoms with van der Waals surface area (Å²) in [6.07, 6.45) is 0. The van der Waals surface area contributed by atoms with Gasteiger partial charge in [0.15, 0.2) is 9.03 Å². The molecule has 0 rings (SSSR count). The van der Waals surface area contributed by atoms with Crippen LogP contribution in [0.25, 0.3) is 0 Å². The lowest BCUT2D eigenvalue weighted by Gasteiger charge is -2.18. The number of hydrogen-bond acceptors (Lipinski definition) is 5. The summed E-state index contributed by atoms with van der Waals surface area (Å²) in [4.78, 5) is 0. The average Bonchev–Trinajstić information content (AvgIpc) is 1.61. The minimum Gasteiger partial charge on any atom is -0.762 e. The molecule has 0 bridgehead atoms. The molecular weight excluding hydrogens is 119 g/mol. The summed E-state index contributed by atoms with van der Waals surface area (Å²) in [6.45, 7) is 0. The molecule has 0 fully saturated rings. The van der Waals surface area contributed by atoms with Gasteiger partial charge in [0.25, 0.3) is 0 Å². The first-order chi connectivity index (χ1) is 3.27. The molecule has 0 aliphatic carbocycles. The predicted molar refractivity (Wildman–Crippen MR) is 25.8 cm³/mol. The third-order valence-corrected chi connectivity index (χ3v) is 0.642. The summed E-state index contributed by atoms with van der Waals surface area (Å²) in [5.41, 5.74) is 0. The van der Waals surface area contributed by atoms with Crippen LogP contribution in [-0.4, -0.2) is 12.3 Å². The van der Waals surface area contributed by atoms with E-state index in [0.717, 1.165) is 0 Å². The Morgan fingerprint density at radius 2 is 2.43 bits per heavy atom. The van der Waals surface area contributed by atoms with Crippen molar-refractivity contribution in [1.82, 2.24) is 5.23 Å². The van der Waals surface area contributed by atoms with Gasteiger partial charge < -0.3 is 5.21 Å². The fourth-order valence-electron chi connectivity index (χ4n) is 0.0740. The van der Waals surface area contributed by atoms with Crippen LogP contribution in [0.1, 0.15) is 0 Å². The molecule has 44 valence electrons. The molecule has 0 aromatic rings. The normalized spacial score (nSPS) is 12.0. The second-order valence-electron chi connectivity index (χ2n) is 0.732. The van der Waals surface area contributed by atoms with Gasteiger partial charge in [0, 0.05) is 0 Å². The van der Waals surface area contributed by atoms with Gasteiger partial charge in [-0.05, 0) is 7.05 Å². The van der Waals surface area contributed by atoms with Crippen molar-refractivity contribution in [3.8, 4) is 0 Å². The molecular formula is CH6N2O3P-. The quantitative estimate of drug-likeness (QED) is 0.415. The Kier molecular flexibility index (Phi) is 4.53. The van der Waals surface area contributed by atoms with E-state index in [1.807, 2.05) is 0 Å². The smallest absolute Gasteiger partial charge is 0.198 e. The van der Waals surface area contributed by atoms with Crippen LogP contribution >= 0.6 is 9.03 Å². The van der Waals surface area contributed by atoms with Gasteiger partial charge >= 0.3 is 0 Å². The Bertz CT molecular complexity index is 41.9. The highest BCUT2D eigenvalue weighted by Gasteiger charge is 1.77. The summed E-state index contributed by atoms with van der Waals surface area (Å²) in [5, 5.41) is 10.0. The van der Waals surface area contributed by atoms with Crippen molar-refractivity contribution in [2.45, 2.75) is 0 Å². The van der Waals surface area contributed by atoms with Gasteiger partial charge in [-0.1, -0.05) is 0 Å². The van der Waals surface area contributed by atoms with Crippen LogP contribution in [0.5, 0.6) is 0 Å². The van der Waals surface area contributed by atoms with E-state index in [1.165, 1.54) is 7.05 Å². The number of hydrogen-bond donors (Lipinski definition) is 1. The Hall–Kier alpha value is 0.230. The highest BCUT2D eigenvalue weighted by Crippen LogP contribution is 2.09. The predicted octanol–water partition coefficient (Wildman–Crippen LogP) is -0.254. The first-order valence-corrected chi connectivity index (χ1v) is 2.27. The SMILES string of the molecule is CN([O-])OPON. The van der Waals surface area contributed by atoms with Crippen LogP contribution in [-0.2, 0) is 9.25 Å². The van der Waals surface area contributed by atoms with Crippen molar-refractivity contribution in [1.29, 1.82) is 0 Å². The van der Waals surface area contributed by atoms with Crippen molar-refractivity contribution >= 4 is 9.03 Å². The monoisotopic (exact) mass is 125 g/mol. The Labute approximate surface area is 42.8 Å². The van der Waals surface area contributed by atoms with Crippen LogP contribution < -0.4 is 5.90 Å². The average molecular weight is 125 g/mol. The second-order valence-corrected chi connectivity index (χ2v) is 1.32. The lowest BCUT2D eigenvalue weighted by atomic mass is 11.5. The second kappa shape index (κ2) is 4.39. The van der Waals surface area contributed by atoms with E-state index < -0.39 is 9.03 Å². The maximum absolute atomic E-state index is 9.77. The Morgan fingerprint density at radius 1 is 1.86 bits per heavy atom. The molecule has 0 aliphatic heterocycles. The van der Waals surface area contributed by atoms with Crippen molar-refractivity contribution in [3.05, 3.63) is 5.21 Å². The van der Waals surface area contributed by atoms with E-state index in [9.17, 15) is 5.21 Å². The highest BCUT2D eigenvalue weighted by atomic mass is 31.1. The van der Waals surface area contributed by atoms with E-state index >= 15 is 0 Å². The van der Waals surface area contributed by atoms with Gasteiger partial charge in [0.1, 0.15) is 0 Å². The van der Waals surface area contributed by atoms with Crippen molar-refractivity contribution in [2.24, 2.45) is 5.90 Å². The standard InChI is InChI=1S/CH6N2O3P/c1-3(4)6-7-5-2/h7H,2H2,1H3/q-1. The van der Waals surface area contributed by atoms with Crippen LogP contribution in [0.2, 0.25) is 0 Å². The number of rotatable bonds is 3. The van der Waals surface area contributed by atoms with Crippen LogP contribution in [0.3, 0.4) is 0 Å². The molecule has 0 heterocycles. The van der Waals surface area contributed by atoms with Gasteiger partial charge in [-0.2, -0.15) is 0 Å². The Morgan fingerprint density at radius 3 is 2.57 bits per heavy atom. The van der Waals surface area contributed by atoms with Gasteiger partial charge in [0.2, 0.25) is 0 Å². The fourth-order valence-corrected chi connectivity index (χ4v) is 0.222. The molecule has 0 aromatic carbocycles. The first-order valence-electron chi connectivity index (χ1n) is 1.46. The van der Waals surface area contributed by atoms with E-state index in [-0.39, 0.29) is 5.23 Å². The third kappa shape index (κ3) is 6.23. The van der Waals surface area contributed by atoms with Crippen LogP contribution in [0.4, 0.5) is 0 Å². The largest absolute Gasteiger partial charge is 0.762 e. The van der Waals surface area contributed by atoms with Gasteiger partial charge in [0.05, 0.1) is 0 Å². The summed E-state index contributed by atoms with van der Waals surface area (Å²) < 4.78 is 8.07. The number of nitrogens with two attached hydrogens (primary N) is 1. The van der Waals surface area contributed by atoms with Gasteiger partial charge in [-0.15, -0.1) is 0 Å². The summed E-state index contributed by atoms with van der Waals surface area (Å²) in [7, 11) is 0.787. The molecule has 6 heteroatoms. The van der Waals surface area contributed by atoms with E-state index in [2.05, 4.69) is 15.1 Å². The summed E-state index contributed by atoms with van der Waals surface area (Å²) in [5.74, 6) is 4.50. The minimum absolute atomic E-state index is 0.269. The van der Waals surface area contributed by atoms with Gasteiger partial charge in [-0.25, -0.2) is 5.90 Å². The minimum atomic E-state index is -0.414. The zero-order chi connectivity index (χ0) is 5.70. The molecule has 0 saturated heterocycles. The molecule has 0 saturated carbocycles. The van der Waals surface area contributed by atoms with Crippen molar-refractivity contribution in [2.75, 3.05) is 7.05 Å². The third-order valence-electron chi connectivity index (χ3n) is 0.214. The molecule has 5 nitrogen and oxygen atoms in total. The highest BCUT2D eigenvalue weighted by molar-refractivity contribution is 7.26.